The van der Waals surface area contributed by atoms with Gasteiger partial charge in [-0.2, -0.15) is 0 Å². The second-order valence-corrected chi connectivity index (χ2v) is 5.93. The molecule has 2 unspecified atom stereocenters. The largest absolute Gasteiger partial charge is 0.497 e. The summed E-state index contributed by atoms with van der Waals surface area (Å²) in [6, 6.07) is 7.90. The summed E-state index contributed by atoms with van der Waals surface area (Å²) in [5.74, 6) is 1.50. The quantitative estimate of drug-likeness (QED) is 0.840. The van der Waals surface area contributed by atoms with Gasteiger partial charge in [-0.25, -0.2) is 0 Å². The van der Waals surface area contributed by atoms with Gasteiger partial charge in [-0.05, 0) is 30.0 Å². The van der Waals surface area contributed by atoms with Crippen LogP contribution >= 0.6 is 0 Å². The first-order chi connectivity index (χ1) is 9.74. The topological polar surface area (TPSA) is 55.5 Å². The Bertz CT molecular complexity index is 402. The van der Waals surface area contributed by atoms with Gasteiger partial charge in [0, 0.05) is 12.5 Å². The molecule has 2 rings (SSSR count). The third kappa shape index (κ3) is 3.97. The van der Waals surface area contributed by atoms with Crippen molar-refractivity contribution < 1.29 is 9.84 Å². The van der Waals surface area contributed by atoms with E-state index in [4.69, 9.17) is 10.5 Å². The highest BCUT2D eigenvalue weighted by Crippen LogP contribution is 2.32. The van der Waals surface area contributed by atoms with E-state index >= 15 is 0 Å². The summed E-state index contributed by atoms with van der Waals surface area (Å²) < 4.78 is 5.26. The summed E-state index contributed by atoms with van der Waals surface area (Å²) in [6.07, 6.45) is 7.00. The lowest BCUT2D eigenvalue weighted by Gasteiger charge is -2.28. The van der Waals surface area contributed by atoms with Crippen LogP contribution in [0.2, 0.25) is 0 Å². The van der Waals surface area contributed by atoms with Crippen LogP contribution in [0.5, 0.6) is 5.75 Å². The highest BCUT2D eigenvalue weighted by Gasteiger charge is 2.24. The SMILES string of the molecule is COc1cccc(C(CN)C(O)CC2CCCCC2)c1. The zero-order valence-corrected chi connectivity index (χ0v) is 12.4. The zero-order chi connectivity index (χ0) is 14.4. The fourth-order valence-electron chi connectivity index (χ4n) is 3.32. The van der Waals surface area contributed by atoms with Crippen LogP contribution < -0.4 is 10.5 Å². The molecule has 1 aliphatic carbocycles. The van der Waals surface area contributed by atoms with Gasteiger partial charge < -0.3 is 15.6 Å². The van der Waals surface area contributed by atoms with E-state index in [-0.39, 0.29) is 12.0 Å². The summed E-state index contributed by atoms with van der Waals surface area (Å²) in [5.41, 5.74) is 6.98. The van der Waals surface area contributed by atoms with Gasteiger partial charge in [-0.1, -0.05) is 44.2 Å². The molecule has 0 spiro atoms. The molecule has 3 N–H and O–H groups in total. The number of aliphatic hydroxyl groups is 1. The molecule has 1 aromatic rings. The maximum absolute atomic E-state index is 10.6. The van der Waals surface area contributed by atoms with Crippen LogP contribution in [0.25, 0.3) is 0 Å². The average Bonchev–Trinajstić information content (AvgIpc) is 2.49. The Hall–Kier alpha value is -1.06. The monoisotopic (exact) mass is 277 g/mol. The van der Waals surface area contributed by atoms with Crippen LogP contribution in [0.1, 0.15) is 50.0 Å². The predicted molar refractivity (Wildman–Crippen MR) is 82.0 cm³/mol. The van der Waals surface area contributed by atoms with Gasteiger partial charge in [0.2, 0.25) is 0 Å². The maximum atomic E-state index is 10.6. The predicted octanol–water partition coefficient (Wildman–Crippen LogP) is 3.07. The molecule has 0 heterocycles. The Labute approximate surface area is 122 Å². The first-order valence-electron chi connectivity index (χ1n) is 7.76. The first-order valence-corrected chi connectivity index (χ1v) is 7.76. The lowest BCUT2D eigenvalue weighted by Crippen LogP contribution is -2.28. The minimum atomic E-state index is -0.352. The number of rotatable bonds is 6. The summed E-state index contributed by atoms with van der Waals surface area (Å²) in [5, 5.41) is 10.6. The fraction of sp³-hybridized carbons (Fsp3) is 0.647. The number of benzene rings is 1. The van der Waals surface area contributed by atoms with E-state index in [0.29, 0.717) is 12.5 Å². The van der Waals surface area contributed by atoms with E-state index in [1.807, 2.05) is 24.3 Å². The minimum absolute atomic E-state index is 0.00651. The molecule has 0 bridgehead atoms. The number of methoxy groups -OCH3 is 1. The molecule has 1 fully saturated rings. The Morgan fingerprint density at radius 1 is 1.30 bits per heavy atom. The molecule has 2 atom stereocenters. The molecule has 0 aliphatic heterocycles. The van der Waals surface area contributed by atoms with Crippen LogP contribution in [0, 0.1) is 5.92 Å². The summed E-state index contributed by atoms with van der Waals surface area (Å²) >= 11 is 0. The third-order valence-electron chi connectivity index (χ3n) is 4.54. The molecule has 0 amide bonds. The molecule has 0 radical (unpaired) electrons. The first kappa shape index (κ1) is 15.3. The van der Waals surface area contributed by atoms with Crippen LogP contribution in [0.15, 0.2) is 24.3 Å². The highest BCUT2D eigenvalue weighted by molar-refractivity contribution is 5.31. The molecule has 112 valence electrons. The highest BCUT2D eigenvalue weighted by atomic mass is 16.5. The van der Waals surface area contributed by atoms with Crippen molar-refractivity contribution in [3.05, 3.63) is 29.8 Å². The van der Waals surface area contributed by atoms with Crippen molar-refractivity contribution in [1.82, 2.24) is 0 Å². The van der Waals surface area contributed by atoms with Gasteiger partial charge in [0.25, 0.3) is 0 Å². The molecule has 0 aromatic heterocycles. The molecule has 3 nitrogen and oxygen atoms in total. The van der Waals surface area contributed by atoms with E-state index in [1.54, 1.807) is 7.11 Å². The number of aliphatic hydroxyl groups excluding tert-OH is 1. The standard InChI is InChI=1S/C17H27NO2/c1-20-15-9-5-8-14(11-15)16(12-18)17(19)10-13-6-3-2-4-7-13/h5,8-9,11,13,16-17,19H,2-4,6-7,10,12,18H2,1H3. The van der Waals surface area contributed by atoms with Gasteiger partial charge in [0.15, 0.2) is 0 Å². The van der Waals surface area contributed by atoms with Crippen molar-refractivity contribution in [2.24, 2.45) is 11.7 Å². The van der Waals surface area contributed by atoms with Gasteiger partial charge in [0.1, 0.15) is 5.75 Å². The van der Waals surface area contributed by atoms with Gasteiger partial charge in [0.05, 0.1) is 13.2 Å². The zero-order valence-electron chi connectivity index (χ0n) is 12.4. The third-order valence-corrected chi connectivity index (χ3v) is 4.54. The van der Waals surface area contributed by atoms with Crippen molar-refractivity contribution in [2.45, 2.75) is 50.5 Å². The second-order valence-electron chi connectivity index (χ2n) is 5.93. The maximum Gasteiger partial charge on any atom is 0.119 e. The van der Waals surface area contributed by atoms with Crippen LogP contribution in [0.3, 0.4) is 0 Å². The molecule has 1 aliphatic rings. The molecular weight excluding hydrogens is 250 g/mol. The van der Waals surface area contributed by atoms with E-state index in [9.17, 15) is 5.11 Å². The van der Waals surface area contributed by atoms with E-state index in [2.05, 4.69) is 0 Å². The fourth-order valence-corrected chi connectivity index (χ4v) is 3.32. The second kappa shape index (κ2) is 7.65. The van der Waals surface area contributed by atoms with Crippen molar-refractivity contribution in [3.63, 3.8) is 0 Å². The Balaban J connectivity index is 2.01. The van der Waals surface area contributed by atoms with E-state index in [0.717, 1.165) is 17.7 Å². The normalized spacial score (nSPS) is 19.6. The van der Waals surface area contributed by atoms with Gasteiger partial charge in [-0.15, -0.1) is 0 Å². The molecule has 3 heteroatoms. The lowest BCUT2D eigenvalue weighted by molar-refractivity contribution is 0.106. The number of ether oxygens (including phenoxy) is 1. The molecule has 1 saturated carbocycles. The van der Waals surface area contributed by atoms with Crippen molar-refractivity contribution in [2.75, 3.05) is 13.7 Å². The van der Waals surface area contributed by atoms with Gasteiger partial charge >= 0.3 is 0 Å². The van der Waals surface area contributed by atoms with Crippen molar-refractivity contribution >= 4 is 0 Å². The Morgan fingerprint density at radius 2 is 2.05 bits per heavy atom. The molecule has 1 aromatic carbocycles. The van der Waals surface area contributed by atoms with Crippen LogP contribution in [0.4, 0.5) is 0 Å². The van der Waals surface area contributed by atoms with Crippen molar-refractivity contribution in [1.29, 1.82) is 0 Å². The molecule has 20 heavy (non-hydrogen) atoms. The average molecular weight is 277 g/mol. The summed E-state index contributed by atoms with van der Waals surface area (Å²) in [7, 11) is 1.66. The Morgan fingerprint density at radius 3 is 2.70 bits per heavy atom. The number of hydrogen-bond acceptors (Lipinski definition) is 3. The van der Waals surface area contributed by atoms with Crippen LogP contribution in [-0.4, -0.2) is 24.9 Å². The van der Waals surface area contributed by atoms with E-state index < -0.39 is 0 Å². The van der Waals surface area contributed by atoms with E-state index in [1.165, 1.54) is 32.1 Å². The Kier molecular flexibility index (Phi) is 5.86. The number of hydrogen-bond donors (Lipinski definition) is 2. The van der Waals surface area contributed by atoms with Gasteiger partial charge in [-0.3, -0.25) is 0 Å². The van der Waals surface area contributed by atoms with Crippen molar-refractivity contribution in [3.8, 4) is 5.75 Å². The molecular formula is C17H27NO2. The summed E-state index contributed by atoms with van der Waals surface area (Å²) in [4.78, 5) is 0. The number of nitrogens with two attached hydrogens (primary N) is 1. The molecule has 0 saturated heterocycles. The minimum Gasteiger partial charge on any atom is -0.497 e. The summed E-state index contributed by atoms with van der Waals surface area (Å²) in [6.45, 7) is 0.473. The lowest BCUT2D eigenvalue weighted by atomic mass is 9.81. The smallest absolute Gasteiger partial charge is 0.119 e. The van der Waals surface area contributed by atoms with Crippen LogP contribution in [-0.2, 0) is 0 Å².